The largest absolute Gasteiger partial charge is 0.466 e. The molecule has 2 unspecified atom stereocenters. The lowest BCUT2D eigenvalue weighted by Crippen LogP contribution is -2.38. The minimum absolute atomic E-state index is 0.0104. The summed E-state index contributed by atoms with van der Waals surface area (Å²) in [5.74, 6) is -0.755. The maximum absolute atomic E-state index is 14.1. The van der Waals surface area contributed by atoms with E-state index < -0.39 is 0 Å². The average Bonchev–Trinajstić information content (AvgIpc) is 2.64. The number of anilines is 1. The number of carbonyl (C=O) groups excluding carboxylic acids is 1. The highest BCUT2D eigenvalue weighted by Gasteiger charge is 2.31. The number of fused-ring (bicyclic) bond motifs is 1. The van der Waals surface area contributed by atoms with Gasteiger partial charge >= 0.3 is 5.97 Å². The van der Waals surface area contributed by atoms with Crippen molar-refractivity contribution >= 4 is 34.9 Å². The first-order valence-corrected chi connectivity index (χ1v) is 9.47. The summed E-state index contributed by atoms with van der Waals surface area (Å²) < 4.78 is 19.3. The number of hydrogen-bond donors (Lipinski definition) is 1. The molecule has 142 valence electrons. The van der Waals surface area contributed by atoms with E-state index in [2.05, 4.69) is 5.32 Å². The van der Waals surface area contributed by atoms with Crippen LogP contribution in [0, 0.1) is 11.7 Å². The average molecular weight is 388 g/mol. The lowest BCUT2D eigenvalue weighted by atomic mass is 9.86. The Kier molecular flexibility index (Phi) is 5.85. The van der Waals surface area contributed by atoms with Crippen molar-refractivity contribution in [2.45, 2.75) is 33.2 Å². The Morgan fingerprint density at radius 3 is 2.85 bits per heavy atom. The maximum atomic E-state index is 14.1. The fraction of sp³-hybridized carbons (Fsp3) is 0.318. The van der Waals surface area contributed by atoms with E-state index in [-0.39, 0.29) is 23.7 Å². The van der Waals surface area contributed by atoms with Gasteiger partial charge in [0.25, 0.3) is 0 Å². The van der Waals surface area contributed by atoms with E-state index in [1.165, 1.54) is 6.07 Å². The molecular weight excluding hydrogens is 365 g/mol. The van der Waals surface area contributed by atoms with Gasteiger partial charge in [-0.25, -0.2) is 4.39 Å². The molecule has 0 aromatic heterocycles. The van der Waals surface area contributed by atoms with Gasteiger partial charge in [0, 0.05) is 17.3 Å². The number of ether oxygens (including phenoxy) is 1. The molecule has 0 amide bonds. The maximum Gasteiger partial charge on any atom is 0.311 e. The van der Waals surface area contributed by atoms with Crippen LogP contribution < -0.4 is 5.32 Å². The van der Waals surface area contributed by atoms with Gasteiger partial charge in [0.15, 0.2) is 0 Å². The summed E-state index contributed by atoms with van der Waals surface area (Å²) in [6.07, 6.45) is 2.37. The van der Waals surface area contributed by atoms with Gasteiger partial charge in [-0.05, 0) is 74.2 Å². The Morgan fingerprint density at radius 2 is 2.15 bits per heavy atom. The Morgan fingerprint density at radius 1 is 1.37 bits per heavy atom. The molecule has 2 aromatic carbocycles. The molecule has 0 saturated heterocycles. The molecule has 1 heterocycles. The highest BCUT2D eigenvalue weighted by atomic mass is 35.5. The Balaban J connectivity index is 1.91. The van der Waals surface area contributed by atoms with Crippen molar-refractivity contribution in [3.8, 4) is 0 Å². The van der Waals surface area contributed by atoms with Crippen LogP contribution in [0.15, 0.2) is 36.4 Å². The van der Waals surface area contributed by atoms with Crippen LogP contribution in [-0.2, 0) is 16.0 Å². The number of rotatable bonds is 4. The molecule has 2 atom stereocenters. The summed E-state index contributed by atoms with van der Waals surface area (Å²) in [7, 11) is 0. The zero-order chi connectivity index (χ0) is 19.6. The number of hydrogen-bond acceptors (Lipinski definition) is 3. The molecule has 0 fully saturated rings. The quantitative estimate of drug-likeness (QED) is 0.550. The van der Waals surface area contributed by atoms with E-state index in [9.17, 15) is 9.18 Å². The molecule has 1 aliphatic heterocycles. The highest BCUT2D eigenvalue weighted by Crippen LogP contribution is 2.33. The molecule has 0 spiro atoms. The standard InChI is InChI=1S/C22H23ClFNO2/c1-4-27-22(26)17-12-16-11-15(8-9-21(16)25-14(17)3)13(2)10-18-19(23)6-5-7-20(18)24/h5-11,14,17,25H,4,12H2,1-3H3. The van der Waals surface area contributed by atoms with Crippen LogP contribution in [0.4, 0.5) is 10.1 Å². The monoisotopic (exact) mass is 387 g/mol. The van der Waals surface area contributed by atoms with E-state index >= 15 is 0 Å². The molecule has 0 aliphatic carbocycles. The molecule has 1 aliphatic rings. The van der Waals surface area contributed by atoms with Crippen LogP contribution in [0.1, 0.15) is 37.5 Å². The predicted octanol–water partition coefficient (Wildman–Crippen LogP) is 5.58. The molecular formula is C22H23ClFNO2. The zero-order valence-electron chi connectivity index (χ0n) is 15.7. The van der Waals surface area contributed by atoms with Gasteiger partial charge in [0.2, 0.25) is 0 Å². The van der Waals surface area contributed by atoms with Gasteiger partial charge in [-0.3, -0.25) is 4.79 Å². The van der Waals surface area contributed by atoms with Crippen molar-refractivity contribution in [2.75, 3.05) is 11.9 Å². The van der Waals surface area contributed by atoms with Crippen molar-refractivity contribution in [2.24, 2.45) is 5.92 Å². The van der Waals surface area contributed by atoms with Gasteiger partial charge in [-0.2, -0.15) is 0 Å². The summed E-state index contributed by atoms with van der Waals surface area (Å²) in [5.41, 5.74) is 4.31. The second-order valence-electron chi connectivity index (χ2n) is 6.83. The molecule has 3 nitrogen and oxygen atoms in total. The third-order valence-electron chi connectivity index (χ3n) is 4.94. The van der Waals surface area contributed by atoms with Crippen molar-refractivity contribution in [1.29, 1.82) is 0 Å². The molecule has 0 radical (unpaired) electrons. The molecule has 5 heteroatoms. The normalized spacial score (nSPS) is 19.2. The van der Waals surface area contributed by atoms with E-state index in [4.69, 9.17) is 16.3 Å². The molecule has 0 saturated carbocycles. The zero-order valence-corrected chi connectivity index (χ0v) is 16.4. The first kappa shape index (κ1) is 19.4. The van der Waals surface area contributed by atoms with Crippen molar-refractivity contribution < 1.29 is 13.9 Å². The lowest BCUT2D eigenvalue weighted by Gasteiger charge is -2.31. The van der Waals surface area contributed by atoms with Crippen LogP contribution in [-0.4, -0.2) is 18.6 Å². The van der Waals surface area contributed by atoms with Crippen molar-refractivity contribution in [1.82, 2.24) is 0 Å². The van der Waals surface area contributed by atoms with Gasteiger partial charge in [-0.15, -0.1) is 0 Å². The van der Waals surface area contributed by atoms with Crippen LogP contribution in [0.25, 0.3) is 11.6 Å². The Labute approximate surface area is 164 Å². The van der Waals surface area contributed by atoms with Crippen LogP contribution in [0.2, 0.25) is 5.02 Å². The number of halogens is 2. The topological polar surface area (TPSA) is 38.3 Å². The fourth-order valence-corrected chi connectivity index (χ4v) is 3.61. The minimum Gasteiger partial charge on any atom is -0.466 e. The second-order valence-corrected chi connectivity index (χ2v) is 7.24. The number of nitrogens with one attached hydrogen (secondary N) is 1. The summed E-state index contributed by atoms with van der Waals surface area (Å²) in [6.45, 7) is 6.10. The number of benzene rings is 2. The summed E-state index contributed by atoms with van der Waals surface area (Å²) in [5, 5.41) is 3.76. The van der Waals surface area contributed by atoms with E-state index in [1.54, 1.807) is 18.2 Å². The van der Waals surface area contributed by atoms with E-state index in [0.29, 0.717) is 23.6 Å². The van der Waals surface area contributed by atoms with Gasteiger partial charge < -0.3 is 10.1 Å². The lowest BCUT2D eigenvalue weighted by molar-refractivity contribution is -0.148. The van der Waals surface area contributed by atoms with Crippen LogP contribution in [0.3, 0.4) is 0 Å². The smallest absolute Gasteiger partial charge is 0.311 e. The number of carbonyl (C=O) groups is 1. The molecule has 2 aromatic rings. The highest BCUT2D eigenvalue weighted by molar-refractivity contribution is 6.32. The molecule has 27 heavy (non-hydrogen) atoms. The van der Waals surface area contributed by atoms with Gasteiger partial charge in [0.05, 0.1) is 17.5 Å². The minimum atomic E-state index is -0.349. The van der Waals surface area contributed by atoms with Crippen LogP contribution in [0.5, 0.6) is 0 Å². The molecule has 0 bridgehead atoms. The van der Waals surface area contributed by atoms with Crippen molar-refractivity contribution in [3.63, 3.8) is 0 Å². The SMILES string of the molecule is CCOC(=O)C1Cc2cc(C(C)=Cc3c(F)cccc3Cl)ccc2NC1C. The predicted molar refractivity (Wildman–Crippen MR) is 108 cm³/mol. The van der Waals surface area contributed by atoms with E-state index in [1.807, 2.05) is 39.0 Å². The van der Waals surface area contributed by atoms with E-state index in [0.717, 1.165) is 22.4 Å². The second kappa shape index (κ2) is 8.13. The fourth-order valence-electron chi connectivity index (χ4n) is 3.39. The summed E-state index contributed by atoms with van der Waals surface area (Å²) in [6, 6.07) is 10.7. The third kappa shape index (κ3) is 4.16. The number of allylic oxidation sites excluding steroid dienone is 1. The van der Waals surface area contributed by atoms with Gasteiger partial charge in [-0.1, -0.05) is 23.7 Å². The Bertz CT molecular complexity index is 874. The first-order chi connectivity index (χ1) is 12.9. The van der Waals surface area contributed by atoms with Gasteiger partial charge in [0.1, 0.15) is 5.82 Å². The number of esters is 1. The summed E-state index contributed by atoms with van der Waals surface area (Å²) in [4.78, 5) is 12.2. The molecule has 3 rings (SSSR count). The van der Waals surface area contributed by atoms with Crippen LogP contribution >= 0.6 is 11.6 Å². The Hall–Kier alpha value is -2.33. The first-order valence-electron chi connectivity index (χ1n) is 9.09. The third-order valence-corrected chi connectivity index (χ3v) is 5.27. The summed E-state index contributed by atoms with van der Waals surface area (Å²) >= 11 is 6.13. The molecule has 1 N–H and O–H groups in total. The van der Waals surface area contributed by atoms with Crippen molar-refractivity contribution in [3.05, 3.63) is 63.9 Å².